The lowest BCUT2D eigenvalue weighted by atomic mass is 10.1. The molecule has 15 heavy (non-hydrogen) atoms. The minimum Gasteiger partial charge on any atom is -0.229 e. The zero-order valence-corrected chi connectivity index (χ0v) is 10.1. The van der Waals surface area contributed by atoms with Crippen LogP contribution < -0.4 is 0 Å². The van der Waals surface area contributed by atoms with Gasteiger partial charge in [-0.3, -0.25) is 0 Å². The second-order valence-corrected chi connectivity index (χ2v) is 6.83. The van der Waals surface area contributed by atoms with Gasteiger partial charge in [-0.1, -0.05) is 30.7 Å². The van der Waals surface area contributed by atoms with E-state index >= 15 is 0 Å². The Morgan fingerprint density at radius 2 is 2.20 bits per heavy atom. The Bertz CT molecular complexity index is 467. The number of halogens is 1. The summed E-state index contributed by atoms with van der Waals surface area (Å²) in [5.41, 5.74) is 1.05. The maximum atomic E-state index is 11.6. The van der Waals surface area contributed by atoms with Gasteiger partial charge in [0.25, 0.3) is 0 Å². The molecule has 0 amide bonds. The van der Waals surface area contributed by atoms with E-state index in [2.05, 4.69) is 0 Å². The topological polar surface area (TPSA) is 34.1 Å². The smallest absolute Gasteiger partial charge is 0.153 e. The molecule has 0 unspecified atom stereocenters. The van der Waals surface area contributed by atoms with Crippen molar-refractivity contribution < 1.29 is 8.42 Å². The minimum absolute atomic E-state index is 0.161. The molecule has 0 aromatic heterocycles. The molecule has 1 saturated carbocycles. The van der Waals surface area contributed by atoms with Gasteiger partial charge in [0.1, 0.15) is 0 Å². The third-order valence-corrected chi connectivity index (χ3v) is 5.36. The van der Waals surface area contributed by atoms with Crippen LogP contribution in [0.2, 0.25) is 5.02 Å². The lowest BCUT2D eigenvalue weighted by Crippen LogP contribution is -2.10. The molecule has 0 aliphatic heterocycles. The number of hydrogen-bond acceptors (Lipinski definition) is 2. The van der Waals surface area contributed by atoms with Crippen molar-refractivity contribution in [3.05, 3.63) is 34.9 Å². The average molecular weight is 245 g/mol. The molecule has 0 heterocycles. The summed E-state index contributed by atoms with van der Waals surface area (Å²) in [4.78, 5) is 0. The molecule has 1 aliphatic rings. The van der Waals surface area contributed by atoms with Crippen LogP contribution in [-0.2, 0) is 9.84 Å². The molecule has 0 spiro atoms. The van der Waals surface area contributed by atoms with Gasteiger partial charge >= 0.3 is 0 Å². The van der Waals surface area contributed by atoms with E-state index in [9.17, 15) is 8.42 Å². The fourth-order valence-corrected chi connectivity index (χ4v) is 3.66. The van der Waals surface area contributed by atoms with Gasteiger partial charge in [0.05, 0.1) is 5.25 Å². The summed E-state index contributed by atoms with van der Waals surface area (Å²) < 4.78 is 23.2. The van der Waals surface area contributed by atoms with E-state index in [0.29, 0.717) is 5.02 Å². The van der Waals surface area contributed by atoms with E-state index in [4.69, 9.17) is 11.6 Å². The molecule has 2 rings (SSSR count). The summed E-state index contributed by atoms with van der Waals surface area (Å²) >= 11 is 5.86. The second-order valence-electron chi connectivity index (χ2n) is 3.89. The maximum absolute atomic E-state index is 11.6. The predicted octanol–water partition coefficient (Wildman–Crippen LogP) is 2.63. The van der Waals surface area contributed by atoms with Crippen LogP contribution in [0.25, 0.3) is 0 Å². The van der Waals surface area contributed by atoms with Gasteiger partial charge in [0.15, 0.2) is 9.84 Å². The normalized spacial score (nSPS) is 25.2. The highest BCUT2D eigenvalue weighted by Crippen LogP contribution is 2.46. The highest BCUT2D eigenvalue weighted by atomic mass is 35.5. The molecule has 1 aromatic carbocycles. The second kappa shape index (κ2) is 3.80. The molecule has 82 valence electrons. The number of benzene rings is 1. The van der Waals surface area contributed by atoms with Gasteiger partial charge in [-0.05, 0) is 24.1 Å². The van der Waals surface area contributed by atoms with Crippen LogP contribution in [0, 0.1) is 0 Å². The Labute approximate surface area is 95.2 Å². The Morgan fingerprint density at radius 3 is 2.80 bits per heavy atom. The van der Waals surface area contributed by atoms with E-state index < -0.39 is 9.84 Å². The summed E-state index contributed by atoms with van der Waals surface area (Å²) in [6.07, 6.45) is 0.747. The van der Waals surface area contributed by atoms with Gasteiger partial charge in [-0.25, -0.2) is 8.42 Å². The monoisotopic (exact) mass is 244 g/mol. The van der Waals surface area contributed by atoms with E-state index in [1.807, 2.05) is 18.2 Å². The molecule has 1 aliphatic carbocycles. The predicted molar refractivity (Wildman–Crippen MR) is 62.1 cm³/mol. The van der Waals surface area contributed by atoms with Crippen LogP contribution in [-0.4, -0.2) is 19.4 Å². The molecule has 2 atom stereocenters. The molecular formula is C11H13ClO2S. The summed E-state index contributed by atoms with van der Waals surface area (Å²) in [5.74, 6) is 0.392. The number of hydrogen-bond donors (Lipinski definition) is 0. The van der Waals surface area contributed by atoms with Crippen molar-refractivity contribution in [1.29, 1.82) is 0 Å². The molecule has 0 saturated heterocycles. The van der Waals surface area contributed by atoms with Crippen molar-refractivity contribution in [2.75, 3.05) is 5.75 Å². The van der Waals surface area contributed by atoms with Gasteiger partial charge in [0.2, 0.25) is 0 Å². The molecule has 1 fully saturated rings. The maximum Gasteiger partial charge on any atom is 0.153 e. The highest BCUT2D eigenvalue weighted by molar-refractivity contribution is 7.92. The van der Waals surface area contributed by atoms with Crippen LogP contribution >= 0.6 is 11.6 Å². The van der Waals surface area contributed by atoms with Gasteiger partial charge in [-0.2, -0.15) is 0 Å². The van der Waals surface area contributed by atoms with Crippen LogP contribution in [0.15, 0.2) is 24.3 Å². The Hall–Kier alpha value is -0.540. The molecular weight excluding hydrogens is 232 g/mol. The van der Waals surface area contributed by atoms with Crippen molar-refractivity contribution >= 4 is 21.4 Å². The van der Waals surface area contributed by atoms with Crippen LogP contribution in [0.1, 0.15) is 24.8 Å². The Morgan fingerprint density at radius 1 is 1.47 bits per heavy atom. The summed E-state index contributed by atoms with van der Waals surface area (Å²) in [6.45, 7) is 1.70. The summed E-state index contributed by atoms with van der Waals surface area (Å²) in [5, 5.41) is 0.494. The first-order chi connectivity index (χ1) is 7.04. The lowest BCUT2D eigenvalue weighted by molar-refractivity contribution is 0.595. The first-order valence-electron chi connectivity index (χ1n) is 5.01. The molecule has 0 bridgehead atoms. The molecule has 0 radical (unpaired) electrons. The van der Waals surface area contributed by atoms with E-state index in [1.54, 1.807) is 13.0 Å². The summed E-state index contributed by atoms with van der Waals surface area (Å²) in [7, 11) is -2.88. The molecule has 4 heteroatoms. The average Bonchev–Trinajstić information content (AvgIpc) is 2.98. The van der Waals surface area contributed by atoms with E-state index in [-0.39, 0.29) is 16.9 Å². The van der Waals surface area contributed by atoms with Crippen LogP contribution in [0.3, 0.4) is 0 Å². The van der Waals surface area contributed by atoms with Crippen molar-refractivity contribution in [2.45, 2.75) is 24.5 Å². The zero-order chi connectivity index (χ0) is 11.1. The van der Waals surface area contributed by atoms with Crippen molar-refractivity contribution in [3.8, 4) is 0 Å². The fourth-order valence-electron chi connectivity index (χ4n) is 1.87. The van der Waals surface area contributed by atoms with E-state index in [1.165, 1.54) is 0 Å². The molecule has 1 aromatic rings. The van der Waals surface area contributed by atoms with Gasteiger partial charge in [-0.15, -0.1) is 0 Å². The van der Waals surface area contributed by atoms with Crippen molar-refractivity contribution in [2.24, 2.45) is 0 Å². The summed E-state index contributed by atoms with van der Waals surface area (Å²) in [6, 6.07) is 7.47. The van der Waals surface area contributed by atoms with Crippen molar-refractivity contribution in [1.82, 2.24) is 0 Å². The third-order valence-electron chi connectivity index (χ3n) is 2.87. The zero-order valence-electron chi connectivity index (χ0n) is 8.48. The van der Waals surface area contributed by atoms with Crippen LogP contribution in [0.4, 0.5) is 0 Å². The lowest BCUT2D eigenvalue weighted by Gasteiger charge is -2.01. The first-order valence-corrected chi connectivity index (χ1v) is 7.11. The highest BCUT2D eigenvalue weighted by Gasteiger charge is 2.46. The standard InChI is InChI=1S/C11H13ClO2S/c1-2-15(13,14)11-7-10(11)8-4-3-5-9(12)6-8/h3-6,10-11H,2,7H2,1H3/t10-,11-/m1/s1. The molecule has 0 N–H and O–H groups in total. The van der Waals surface area contributed by atoms with Gasteiger partial charge in [0, 0.05) is 16.7 Å². The Kier molecular flexibility index (Phi) is 2.77. The first kappa shape index (κ1) is 11.0. The SMILES string of the molecule is CCS(=O)(=O)[C@@H]1C[C@@H]1c1cccc(Cl)c1. The van der Waals surface area contributed by atoms with Crippen LogP contribution in [0.5, 0.6) is 0 Å². The largest absolute Gasteiger partial charge is 0.229 e. The number of sulfone groups is 1. The minimum atomic E-state index is -2.88. The molecule has 2 nitrogen and oxygen atoms in total. The third kappa shape index (κ3) is 2.18. The number of rotatable bonds is 3. The Balaban J connectivity index is 2.18. The van der Waals surface area contributed by atoms with Crippen molar-refractivity contribution in [3.63, 3.8) is 0 Å². The quantitative estimate of drug-likeness (QED) is 0.819. The van der Waals surface area contributed by atoms with Gasteiger partial charge < -0.3 is 0 Å². The van der Waals surface area contributed by atoms with E-state index in [0.717, 1.165) is 12.0 Å². The fraction of sp³-hybridized carbons (Fsp3) is 0.455.